The van der Waals surface area contributed by atoms with E-state index in [1.807, 2.05) is 0 Å². The SMILES string of the molecule is CC(Cc1sc(-c2ccc(F)cc2)cc1Cl)NC(=O)c1cn(C)nc1C(F)F. The Balaban J connectivity index is 1.71. The highest BCUT2D eigenvalue weighted by molar-refractivity contribution is 7.16. The topological polar surface area (TPSA) is 46.9 Å². The lowest BCUT2D eigenvalue weighted by Gasteiger charge is -2.13. The van der Waals surface area contributed by atoms with Crippen LogP contribution in [0.1, 0.15) is 34.3 Å². The number of benzene rings is 1. The highest BCUT2D eigenvalue weighted by Crippen LogP contribution is 2.35. The molecule has 0 bridgehead atoms. The van der Waals surface area contributed by atoms with Gasteiger partial charge in [-0.2, -0.15) is 5.10 Å². The van der Waals surface area contributed by atoms with Gasteiger partial charge in [0.1, 0.15) is 11.5 Å². The Kier molecular flexibility index (Phi) is 6.10. The smallest absolute Gasteiger partial charge is 0.282 e. The molecule has 0 aliphatic heterocycles. The number of aromatic nitrogens is 2. The highest BCUT2D eigenvalue weighted by atomic mass is 35.5. The maximum absolute atomic E-state index is 13.1. The molecule has 1 N–H and O–H groups in total. The summed E-state index contributed by atoms with van der Waals surface area (Å²) in [6.45, 7) is 1.77. The minimum Gasteiger partial charge on any atom is -0.349 e. The molecule has 9 heteroatoms. The summed E-state index contributed by atoms with van der Waals surface area (Å²) >= 11 is 7.74. The number of thiophene rings is 1. The maximum atomic E-state index is 13.1. The minimum absolute atomic E-state index is 0.145. The molecule has 0 spiro atoms. The van der Waals surface area contributed by atoms with Crippen molar-refractivity contribution in [3.63, 3.8) is 0 Å². The van der Waals surface area contributed by atoms with E-state index in [0.717, 1.165) is 15.3 Å². The molecule has 0 fully saturated rings. The summed E-state index contributed by atoms with van der Waals surface area (Å²) < 4.78 is 40.3. The van der Waals surface area contributed by atoms with Crippen LogP contribution in [0.2, 0.25) is 5.02 Å². The first kappa shape index (κ1) is 20.4. The van der Waals surface area contributed by atoms with Crippen LogP contribution in [0, 0.1) is 5.82 Å². The molecule has 3 aromatic rings. The van der Waals surface area contributed by atoms with Gasteiger partial charge in [0.15, 0.2) is 0 Å². The predicted octanol–water partition coefficient (Wildman–Crippen LogP) is 5.24. The van der Waals surface area contributed by atoms with Crippen LogP contribution in [-0.4, -0.2) is 21.7 Å². The Morgan fingerprint density at radius 2 is 2.00 bits per heavy atom. The summed E-state index contributed by atoms with van der Waals surface area (Å²) in [4.78, 5) is 14.1. The number of amides is 1. The van der Waals surface area contributed by atoms with Crippen LogP contribution >= 0.6 is 22.9 Å². The van der Waals surface area contributed by atoms with Crippen LogP contribution in [0.3, 0.4) is 0 Å². The monoisotopic (exact) mass is 427 g/mol. The van der Waals surface area contributed by atoms with E-state index in [-0.39, 0.29) is 17.4 Å². The summed E-state index contributed by atoms with van der Waals surface area (Å²) in [6.07, 6.45) is -1.13. The van der Waals surface area contributed by atoms with Gasteiger partial charge in [-0.1, -0.05) is 23.7 Å². The van der Waals surface area contributed by atoms with Gasteiger partial charge in [-0.05, 0) is 30.7 Å². The third kappa shape index (κ3) is 4.56. The van der Waals surface area contributed by atoms with Crippen molar-refractivity contribution in [3.05, 3.63) is 63.5 Å². The van der Waals surface area contributed by atoms with Crippen LogP contribution < -0.4 is 5.32 Å². The van der Waals surface area contributed by atoms with E-state index < -0.39 is 18.0 Å². The van der Waals surface area contributed by atoms with Crippen molar-refractivity contribution < 1.29 is 18.0 Å². The van der Waals surface area contributed by atoms with Gasteiger partial charge in [0.05, 0.1) is 10.6 Å². The summed E-state index contributed by atoms with van der Waals surface area (Å²) in [5.74, 6) is -0.927. The zero-order valence-electron chi connectivity index (χ0n) is 15.0. The average Bonchev–Trinajstić information content (AvgIpc) is 3.19. The van der Waals surface area contributed by atoms with E-state index in [9.17, 15) is 18.0 Å². The minimum atomic E-state index is -2.83. The molecule has 0 radical (unpaired) electrons. The molecule has 2 aromatic heterocycles. The molecule has 3 rings (SSSR count). The number of hydrogen-bond acceptors (Lipinski definition) is 3. The molecule has 2 heterocycles. The number of carbonyl (C=O) groups excluding carboxylic acids is 1. The molecule has 0 saturated heterocycles. The van der Waals surface area contributed by atoms with E-state index in [4.69, 9.17) is 11.6 Å². The van der Waals surface area contributed by atoms with E-state index in [0.29, 0.717) is 11.4 Å². The second kappa shape index (κ2) is 8.36. The zero-order chi connectivity index (χ0) is 20.4. The molecule has 0 aliphatic rings. The lowest BCUT2D eigenvalue weighted by Crippen LogP contribution is -2.34. The van der Waals surface area contributed by atoms with Gasteiger partial charge in [-0.25, -0.2) is 13.2 Å². The Labute approximate surface area is 168 Å². The standard InChI is InChI=1S/C19H17ClF3N3OS/c1-10(24-19(27)13-9-26(2)25-17(13)18(22)23)7-16-14(20)8-15(28-16)11-3-5-12(21)6-4-11/h3-6,8-10,18H,7H2,1-2H3,(H,24,27). The summed E-state index contributed by atoms with van der Waals surface area (Å²) in [5.41, 5.74) is 0.154. The molecule has 28 heavy (non-hydrogen) atoms. The van der Waals surface area contributed by atoms with E-state index in [1.54, 1.807) is 25.1 Å². The molecular formula is C19H17ClF3N3OS. The lowest BCUT2D eigenvalue weighted by molar-refractivity contribution is 0.0925. The molecule has 1 aromatic carbocycles. The van der Waals surface area contributed by atoms with E-state index in [1.165, 1.54) is 41.4 Å². The first-order valence-electron chi connectivity index (χ1n) is 8.41. The number of hydrogen-bond donors (Lipinski definition) is 1. The largest absolute Gasteiger partial charge is 0.349 e. The number of alkyl halides is 2. The Hall–Kier alpha value is -2.32. The van der Waals surface area contributed by atoms with Crippen molar-refractivity contribution in [3.8, 4) is 10.4 Å². The van der Waals surface area contributed by atoms with Crippen molar-refractivity contribution in [2.45, 2.75) is 25.8 Å². The fraction of sp³-hybridized carbons (Fsp3) is 0.263. The lowest BCUT2D eigenvalue weighted by atomic mass is 10.1. The van der Waals surface area contributed by atoms with Gasteiger partial charge in [-0.3, -0.25) is 9.48 Å². The predicted molar refractivity (Wildman–Crippen MR) is 104 cm³/mol. The maximum Gasteiger partial charge on any atom is 0.282 e. The van der Waals surface area contributed by atoms with Gasteiger partial charge < -0.3 is 5.32 Å². The second-order valence-electron chi connectivity index (χ2n) is 6.37. The van der Waals surface area contributed by atoms with Crippen LogP contribution in [0.15, 0.2) is 36.5 Å². The van der Waals surface area contributed by atoms with Crippen molar-refractivity contribution in [2.75, 3.05) is 0 Å². The van der Waals surface area contributed by atoms with Crippen molar-refractivity contribution in [1.29, 1.82) is 0 Å². The molecule has 1 amide bonds. The molecule has 1 atom stereocenters. The third-order valence-electron chi connectivity index (χ3n) is 4.06. The molecular weight excluding hydrogens is 411 g/mol. The molecule has 148 valence electrons. The molecule has 0 saturated carbocycles. The van der Waals surface area contributed by atoms with E-state index in [2.05, 4.69) is 10.4 Å². The normalized spacial score (nSPS) is 12.4. The van der Waals surface area contributed by atoms with Crippen molar-refractivity contribution >= 4 is 28.8 Å². The van der Waals surface area contributed by atoms with Crippen LogP contribution in [0.4, 0.5) is 13.2 Å². The number of nitrogens with zero attached hydrogens (tertiary/aromatic N) is 2. The Morgan fingerprint density at radius 3 is 2.64 bits per heavy atom. The van der Waals surface area contributed by atoms with Gasteiger partial charge in [0.25, 0.3) is 12.3 Å². The number of aryl methyl sites for hydroxylation is 1. The summed E-state index contributed by atoms with van der Waals surface area (Å²) in [6, 6.07) is 7.54. The van der Waals surface area contributed by atoms with Gasteiger partial charge in [-0.15, -0.1) is 11.3 Å². The van der Waals surface area contributed by atoms with Crippen molar-refractivity contribution in [1.82, 2.24) is 15.1 Å². The fourth-order valence-corrected chi connectivity index (χ4v) is 4.33. The molecule has 4 nitrogen and oxygen atoms in total. The average molecular weight is 428 g/mol. The number of carbonyl (C=O) groups is 1. The van der Waals surface area contributed by atoms with Gasteiger partial charge >= 0.3 is 0 Å². The van der Waals surface area contributed by atoms with Gasteiger partial charge in [0, 0.05) is 35.5 Å². The third-order valence-corrected chi connectivity index (χ3v) is 5.72. The Bertz CT molecular complexity index is 985. The highest BCUT2D eigenvalue weighted by Gasteiger charge is 2.24. The molecule has 0 aliphatic carbocycles. The number of nitrogens with one attached hydrogen (secondary N) is 1. The van der Waals surface area contributed by atoms with Crippen molar-refractivity contribution in [2.24, 2.45) is 7.05 Å². The zero-order valence-corrected chi connectivity index (χ0v) is 16.6. The quantitative estimate of drug-likeness (QED) is 0.584. The van der Waals surface area contributed by atoms with Crippen LogP contribution in [-0.2, 0) is 13.5 Å². The van der Waals surface area contributed by atoms with E-state index >= 15 is 0 Å². The first-order chi connectivity index (χ1) is 13.2. The fourth-order valence-electron chi connectivity index (χ4n) is 2.77. The van der Waals surface area contributed by atoms with Crippen LogP contribution in [0.25, 0.3) is 10.4 Å². The molecule has 1 unspecified atom stereocenters. The first-order valence-corrected chi connectivity index (χ1v) is 9.60. The summed E-state index contributed by atoms with van der Waals surface area (Å²) in [5, 5.41) is 6.89. The second-order valence-corrected chi connectivity index (χ2v) is 7.91. The number of rotatable bonds is 6. The van der Waals surface area contributed by atoms with Crippen LogP contribution in [0.5, 0.6) is 0 Å². The summed E-state index contributed by atoms with van der Waals surface area (Å²) in [7, 11) is 1.48. The Morgan fingerprint density at radius 1 is 1.32 bits per heavy atom. The van der Waals surface area contributed by atoms with Gasteiger partial charge in [0.2, 0.25) is 0 Å². The number of halogens is 4.